The second-order valence-electron chi connectivity index (χ2n) is 8.55. The molecule has 1 heteroatoms. The molecule has 0 atom stereocenters. The Labute approximate surface area is 194 Å². The van der Waals surface area contributed by atoms with Crippen LogP contribution in [0, 0.1) is 0 Å². The van der Waals surface area contributed by atoms with E-state index in [1.165, 1.54) is 55.3 Å². The van der Waals surface area contributed by atoms with E-state index in [4.69, 9.17) is 0 Å². The zero-order valence-corrected chi connectivity index (χ0v) is 18.7. The van der Waals surface area contributed by atoms with Crippen molar-refractivity contribution in [3.63, 3.8) is 0 Å². The van der Waals surface area contributed by atoms with Crippen LogP contribution >= 0.6 is 0 Å². The number of aromatic nitrogens is 1. The molecule has 0 spiro atoms. The Balaban J connectivity index is 1.65. The van der Waals surface area contributed by atoms with Gasteiger partial charge in [-0.3, -0.25) is 0 Å². The van der Waals surface area contributed by atoms with Crippen molar-refractivity contribution in [3.05, 3.63) is 127 Å². The Kier molecular flexibility index (Phi) is 4.81. The number of benzene rings is 5. The van der Waals surface area contributed by atoms with Crippen LogP contribution in [0.25, 0.3) is 49.7 Å². The van der Waals surface area contributed by atoms with Gasteiger partial charge in [0.05, 0.1) is 11.0 Å². The summed E-state index contributed by atoms with van der Waals surface area (Å²) in [5, 5.41) is 2.56. The first-order valence-electron chi connectivity index (χ1n) is 11.6. The van der Waals surface area contributed by atoms with Crippen molar-refractivity contribution in [2.75, 3.05) is 0 Å². The van der Waals surface area contributed by atoms with Crippen LogP contribution in [0.1, 0.15) is 12.5 Å². The number of nitrogens with zero attached hydrogens (tertiary/aromatic N) is 1. The first-order valence-corrected chi connectivity index (χ1v) is 11.6. The predicted octanol–water partition coefficient (Wildman–Crippen LogP) is 8.68. The third kappa shape index (κ3) is 3.43. The van der Waals surface area contributed by atoms with Crippen LogP contribution in [0.4, 0.5) is 0 Å². The average Bonchev–Trinajstić information content (AvgIpc) is 3.22. The monoisotopic (exact) mass is 423 g/mol. The van der Waals surface area contributed by atoms with E-state index in [0.29, 0.717) is 0 Å². The standard InChI is InChI=1S/C32H25N/c1-2-23-13-17-28(18-14-23)33-31-21-26(24-9-5-3-6-10-24)15-19-29(31)30-20-16-27(22-32(30)33)25-11-7-4-8-12-25/h3-22H,2H2,1H3. The zero-order valence-electron chi connectivity index (χ0n) is 18.7. The highest BCUT2D eigenvalue weighted by atomic mass is 15.0. The summed E-state index contributed by atoms with van der Waals surface area (Å²) in [6.45, 7) is 2.20. The molecule has 1 nitrogen and oxygen atoms in total. The fourth-order valence-electron chi connectivity index (χ4n) is 4.80. The minimum atomic E-state index is 1.05. The summed E-state index contributed by atoms with van der Waals surface area (Å²) in [5.74, 6) is 0. The van der Waals surface area contributed by atoms with Crippen molar-refractivity contribution in [2.45, 2.75) is 13.3 Å². The molecule has 0 unspecified atom stereocenters. The highest BCUT2D eigenvalue weighted by Gasteiger charge is 2.14. The van der Waals surface area contributed by atoms with Gasteiger partial charge in [-0.05, 0) is 58.5 Å². The van der Waals surface area contributed by atoms with E-state index in [-0.39, 0.29) is 0 Å². The molecule has 0 amide bonds. The van der Waals surface area contributed by atoms with Crippen LogP contribution in [0.3, 0.4) is 0 Å². The lowest BCUT2D eigenvalue weighted by molar-refractivity contribution is 1.12. The summed E-state index contributed by atoms with van der Waals surface area (Å²) in [7, 11) is 0. The lowest BCUT2D eigenvalue weighted by Gasteiger charge is -2.11. The normalized spacial score (nSPS) is 11.3. The van der Waals surface area contributed by atoms with Crippen LogP contribution in [-0.2, 0) is 6.42 Å². The summed E-state index contributed by atoms with van der Waals surface area (Å²) in [4.78, 5) is 0. The maximum atomic E-state index is 2.42. The molecule has 5 aromatic carbocycles. The minimum absolute atomic E-state index is 1.05. The molecule has 0 aliphatic heterocycles. The Hall–Kier alpha value is -4.10. The molecule has 0 bridgehead atoms. The quantitative estimate of drug-likeness (QED) is 0.267. The number of rotatable bonds is 4. The number of hydrogen-bond acceptors (Lipinski definition) is 0. The molecular formula is C32H25N. The molecule has 0 aliphatic carbocycles. The second kappa shape index (κ2) is 8.11. The second-order valence-corrected chi connectivity index (χ2v) is 8.55. The van der Waals surface area contributed by atoms with Crippen molar-refractivity contribution in [1.29, 1.82) is 0 Å². The van der Waals surface area contributed by atoms with Gasteiger partial charge in [-0.15, -0.1) is 0 Å². The molecule has 0 radical (unpaired) electrons. The van der Waals surface area contributed by atoms with Crippen LogP contribution < -0.4 is 0 Å². The molecule has 6 aromatic rings. The summed E-state index contributed by atoms with van der Waals surface area (Å²) in [5.41, 5.74) is 9.98. The molecule has 0 saturated carbocycles. The predicted molar refractivity (Wildman–Crippen MR) is 141 cm³/mol. The number of hydrogen-bond donors (Lipinski definition) is 0. The Morgan fingerprint density at radius 2 is 0.970 bits per heavy atom. The van der Waals surface area contributed by atoms with Gasteiger partial charge in [0.15, 0.2) is 0 Å². The first-order chi connectivity index (χ1) is 16.3. The summed E-state index contributed by atoms with van der Waals surface area (Å²) in [6, 6.07) is 44.0. The maximum absolute atomic E-state index is 2.42. The van der Waals surface area contributed by atoms with Gasteiger partial charge in [0.25, 0.3) is 0 Å². The van der Waals surface area contributed by atoms with E-state index in [9.17, 15) is 0 Å². The third-order valence-corrected chi connectivity index (χ3v) is 6.58. The van der Waals surface area contributed by atoms with Crippen LogP contribution in [-0.4, -0.2) is 4.57 Å². The van der Waals surface area contributed by atoms with Crippen LogP contribution in [0.2, 0.25) is 0 Å². The summed E-state index contributed by atoms with van der Waals surface area (Å²) >= 11 is 0. The van der Waals surface area contributed by atoms with E-state index in [1.807, 2.05) is 0 Å². The average molecular weight is 424 g/mol. The van der Waals surface area contributed by atoms with Gasteiger partial charge in [-0.25, -0.2) is 0 Å². The molecular weight excluding hydrogens is 398 g/mol. The molecule has 0 N–H and O–H groups in total. The summed E-state index contributed by atoms with van der Waals surface area (Å²) in [6.07, 6.45) is 1.05. The lowest BCUT2D eigenvalue weighted by Crippen LogP contribution is -1.95. The van der Waals surface area contributed by atoms with Gasteiger partial charge < -0.3 is 4.57 Å². The van der Waals surface area contributed by atoms with Crippen molar-refractivity contribution < 1.29 is 0 Å². The van der Waals surface area contributed by atoms with E-state index >= 15 is 0 Å². The highest BCUT2D eigenvalue weighted by molar-refractivity contribution is 6.11. The van der Waals surface area contributed by atoms with Crippen LogP contribution in [0.5, 0.6) is 0 Å². The Morgan fingerprint density at radius 3 is 1.42 bits per heavy atom. The van der Waals surface area contributed by atoms with Gasteiger partial charge in [0, 0.05) is 16.5 Å². The number of fused-ring (bicyclic) bond motifs is 3. The van der Waals surface area contributed by atoms with Crippen molar-refractivity contribution >= 4 is 21.8 Å². The van der Waals surface area contributed by atoms with E-state index in [2.05, 4.69) is 133 Å². The SMILES string of the molecule is CCc1ccc(-n2c3cc(-c4ccccc4)ccc3c3ccc(-c4ccccc4)cc32)cc1. The zero-order chi connectivity index (χ0) is 22.2. The van der Waals surface area contributed by atoms with Crippen molar-refractivity contribution in [3.8, 4) is 27.9 Å². The van der Waals surface area contributed by atoms with Gasteiger partial charge in [-0.2, -0.15) is 0 Å². The largest absolute Gasteiger partial charge is 0.309 e. The summed E-state index contributed by atoms with van der Waals surface area (Å²) < 4.78 is 2.42. The number of aryl methyl sites for hydroxylation is 1. The molecule has 0 saturated heterocycles. The maximum Gasteiger partial charge on any atom is 0.0547 e. The molecule has 1 heterocycles. The molecule has 33 heavy (non-hydrogen) atoms. The van der Waals surface area contributed by atoms with Crippen LogP contribution in [0.15, 0.2) is 121 Å². The molecule has 158 valence electrons. The molecule has 0 fully saturated rings. The minimum Gasteiger partial charge on any atom is -0.309 e. The molecule has 1 aromatic heterocycles. The molecule has 6 rings (SSSR count). The van der Waals surface area contributed by atoms with Gasteiger partial charge in [0.2, 0.25) is 0 Å². The lowest BCUT2D eigenvalue weighted by atomic mass is 10.0. The van der Waals surface area contributed by atoms with E-state index in [0.717, 1.165) is 6.42 Å². The third-order valence-electron chi connectivity index (χ3n) is 6.58. The smallest absolute Gasteiger partial charge is 0.0547 e. The van der Waals surface area contributed by atoms with Gasteiger partial charge >= 0.3 is 0 Å². The fourth-order valence-corrected chi connectivity index (χ4v) is 4.80. The van der Waals surface area contributed by atoms with Gasteiger partial charge in [0.1, 0.15) is 0 Å². The van der Waals surface area contributed by atoms with Gasteiger partial charge in [-0.1, -0.05) is 104 Å². The van der Waals surface area contributed by atoms with Crippen molar-refractivity contribution in [2.24, 2.45) is 0 Å². The fraction of sp³-hybridized carbons (Fsp3) is 0.0625. The Bertz CT molecular complexity index is 1460. The highest BCUT2D eigenvalue weighted by Crippen LogP contribution is 2.36. The van der Waals surface area contributed by atoms with Crippen molar-refractivity contribution in [1.82, 2.24) is 4.57 Å². The van der Waals surface area contributed by atoms with E-state index in [1.54, 1.807) is 0 Å². The first kappa shape index (κ1) is 19.6. The topological polar surface area (TPSA) is 4.93 Å². The Morgan fingerprint density at radius 1 is 0.485 bits per heavy atom. The van der Waals surface area contributed by atoms with E-state index < -0.39 is 0 Å². The molecule has 0 aliphatic rings.